The summed E-state index contributed by atoms with van der Waals surface area (Å²) in [5, 5.41) is 18.0. The van der Waals surface area contributed by atoms with E-state index in [-0.39, 0.29) is 5.76 Å². The molecular weight excluding hydrogens is 148 g/mol. The van der Waals surface area contributed by atoms with Gasteiger partial charge in [0.1, 0.15) is 5.76 Å². The number of hydrogen-bond acceptors (Lipinski definition) is 4. The van der Waals surface area contributed by atoms with Crippen molar-refractivity contribution in [3.8, 4) is 0 Å². The number of carbonyl (C=O) groups excluding carboxylic acids is 1. The fourth-order valence-corrected chi connectivity index (χ4v) is 0.497. The maximum atomic E-state index is 10.6. The third-order valence-electron chi connectivity index (χ3n) is 1.20. The van der Waals surface area contributed by atoms with Crippen LogP contribution in [0.15, 0.2) is 11.3 Å². The molecule has 1 atom stereocenters. The van der Waals surface area contributed by atoms with Gasteiger partial charge in [0.05, 0.1) is 7.11 Å². The zero-order chi connectivity index (χ0) is 9.02. The monoisotopic (exact) mass is 160 g/mol. The van der Waals surface area contributed by atoms with Gasteiger partial charge in [-0.05, 0) is 19.4 Å². The highest BCUT2D eigenvalue weighted by molar-refractivity contribution is 5.77. The first-order valence-corrected chi connectivity index (χ1v) is 3.13. The molecule has 4 nitrogen and oxygen atoms in total. The number of allylic oxidation sites excluding steroid dienone is 1. The van der Waals surface area contributed by atoms with E-state index in [9.17, 15) is 4.79 Å². The van der Waals surface area contributed by atoms with E-state index in [1.807, 2.05) is 0 Å². The van der Waals surface area contributed by atoms with Gasteiger partial charge in [-0.15, -0.1) is 0 Å². The van der Waals surface area contributed by atoms with Gasteiger partial charge in [-0.2, -0.15) is 0 Å². The maximum absolute atomic E-state index is 10.6. The second-order valence-electron chi connectivity index (χ2n) is 2.31. The van der Waals surface area contributed by atoms with Crippen molar-refractivity contribution in [2.45, 2.75) is 20.0 Å². The Kier molecular flexibility index (Phi) is 3.60. The second kappa shape index (κ2) is 3.98. The average Bonchev–Trinajstić information content (AvgIpc) is 2.00. The van der Waals surface area contributed by atoms with E-state index in [0.29, 0.717) is 5.57 Å². The third-order valence-corrected chi connectivity index (χ3v) is 1.20. The number of aliphatic hydroxyl groups excluding tert-OH is 2. The minimum Gasteiger partial charge on any atom is -0.509 e. The molecule has 2 N–H and O–H groups in total. The van der Waals surface area contributed by atoms with Crippen LogP contribution in [0.4, 0.5) is 0 Å². The van der Waals surface area contributed by atoms with Gasteiger partial charge < -0.3 is 14.9 Å². The summed E-state index contributed by atoms with van der Waals surface area (Å²) in [6.45, 7) is 3.17. The molecule has 64 valence electrons. The Morgan fingerprint density at radius 3 is 2.18 bits per heavy atom. The molecule has 0 amide bonds. The maximum Gasteiger partial charge on any atom is 0.342 e. The summed E-state index contributed by atoms with van der Waals surface area (Å²) in [7, 11) is 1.14. The molecular formula is C7H12O4. The van der Waals surface area contributed by atoms with Crippen molar-refractivity contribution in [2.24, 2.45) is 0 Å². The molecule has 0 aromatic carbocycles. The summed E-state index contributed by atoms with van der Waals surface area (Å²) in [6.07, 6.45) is -1.55. The van der Waals surface area contributed by atoms with Crippen LogP contribution in [0.25, 0.3) is 0 Å². The summed E-state index contributed by atoms with van der Waals surface area (Å²) in [5.74, 6) is -1.21. The predicted octanol–water partition coefficient (Wildman–Crippen LogP) is 0.372. The Labute approximate surface area is 65.1 Å². The van der Waals surface area contributed by atoms with Gasteiger partial charge in [0.25, 0.3) is 0 Å². The lowest BCUT2D eigenvalue weighted by Gasteiger charge is -2.08. The molecule has 4 heteroatoms. The van der Waals surface area contributed by atoms with Crippen LogP contribution in [0, 0.1) is 0 Å². The van der Waals surface area contributed by atoms with Crippen LogP contribution >= 0.6 is 0 Å². The smallest absolute Gasteiger partial charge is 0.342 e. The second-order valence-corrected chi connectivity index (χ2v) is 2.31. The van der Waals surface area contributed by atoms with E-state index in [1.165, 1.54) is 0 Å². The molecule has 0 aliphatic heterocycles. The molecule has 0 spiro atoms. The van der Waals surface area contributed by atoms with Crippen molar-refractivity contribution >= 4 is 5.97 Å². The van der Waals surface area contributed by atoms with Crippen molar-refractivity contribution in [2.75, 3.05) is 7.11 Å². The number of hydrogen-bond donors (Lipinski definition) is 2. The third kappa shape index (κ3) is 2.59. The van der Waals surface area contributed by atoms with E-state index in [4.69, 9.17) is 10.2 Å². The SMILES string of the molecule is COC(=O)[C@H](O)C(O)=C(C)C. The highest BCUT2D eigenvalue weighted by atomic mass is 16.5. The van der Waals surface area contributed by atoms with Crippen LogP contribution in [-0.4, -0.2) is 29.4 Å². The molecule has 0 aromatic rings. The molecule has 0 aromatic heterocycles. The van der Waals surface area contributed by atoms with Crippen molar-refractivity contribution in [1.29, 1.82) is 0 Å². The minimum atomic E-state index is -1.55. The largest absolute Gasteiger partial charge is 0.509 e. The normalized spacial score (nSPS) is 12.0. The molecule has 0 aliphatic carbocycles. The molecule has 0 fully saturated rings. The number of esters is 1. The van der Waals surface area contributed by atoms with E-state index < -0.39 is 12.1 Å². The molecule has 0 aliphatic rings. The Morgan fingerprint density at radius 2 is 1.91 bits per heavy atom. The summed E-state index contributed by atoms with van der Waals surface area (Å²) in [6, 6.07) is 0. The number of methoxy groups -OCH3 is 1. The highest BCUT2D eigenvalue weighted by Crippen LogP contribution is 2.05. The molecule has 0 saturated carbocycles. The van der Waals surface area contributed by atoms with E-state index in [2.05, 4.69) is 4.74 Å². The lowest BCUT2D eigenvalue weighted by Crippen LogP contribution is -2.24. The van der Waals surface area contributed by atoms with Crippen molar-refractivity contribution in [3.05, 3.63) is 11.3 Å². The first-order chi connectivity index (χ1) is 5.00. The number of carbonyl (C=O) groups is 1. The van der Waals surface area contributed by atoms with Gasteiger partial charge in [0.2, 0.25) is 6.10 Å². The van der Waals surface area contributed by atoms with E-state index >= 15 is 0 Å². The fourth-order valence-electron chi connectivity index (χ4n) is 0.497. The molecule has 0 unspecified atom stereocenters. The van der Waals surface area contributed by atoms with Gasteiger partial charge in [-0.25, -0.2) is 4.79 Å². The van der Waals surface area contributed by atoms with Crippen LogP contribution in [0.2, 0.25) is 0 Å². The number of aliphatic hydroxyl groups is 2. The van der Waals surface area contributed by atoms with Gasteiger partial charge in [0.15, 0.2) is 0 Å². The standard InChI is InChI=1S/C7H12O4/c1-4(2)5(8)6(9)7(10)11-3/h6,8-9H,1-3H3/t6-/m1/s1. The first kappa shape index (κ1) is 9.97. The quantitative estimate of drug-likeness (QED) is 0.452. The summed E-state index contributed by atoms with van der Waals surface area (Å²) >= 11 is 0. The van der Waals surface area contributed by atoms with Crippen LogP contribution in [0.3, 0.4) is 0 Å². The first-order valence-electron chi connectivity index (χ1n) is 3.13. The summed E-state index contributed by atoms with van der Waals surface area (Å²) in [4.78, 5) is 10.6. The Bertz CT molecular complexity index is 179. The molecule has 0 bridgehead atoms. The van der Waals surface area contributed by atoms with Crippen molar-refractivity contribution in [3.63, 3.8) is 0 Å². The molecule has 11 heavy (non-hydrogen) atoms. The number of rotatable bonds is 2. The van der Waals surface area contributed by atoms with Crippen molar-refractivity contribution in [1.82, 2.24) is 0 Å². The molecule has 0 rings (SSSR count). The topological polar surface area (TPSA) is 66.8 Å². The number of ether oxygens (including phenoxy) is 1. The van der Waals surface area contributed by atoms with E-state index in [1.54, 1.807) is 13.8 Å². The van der Waals surface area contributed by atoms with Crippen LogP contribution < -0.4 is 0 Å². The minimum absolute atomic E-state index is 0.350. The summed E-state index contributed by atoms with van der Waals surface area (Å²) in [5.41, 5.74) is 0.489. The van der Waals surface area contributed by atoms with Crippen LogP contribution in [-0.2, 0) is 9.53 Å². The fraction of sp³-hybridized carbons (Fsp3) is 0.571. The molecule has 0 heterocycles. The van der Waals surface area contributed by atoms with Crippen LogP contribution in [0.1, 0.15) is 13.8 Å². The van der Waals surface area contributed by atoms with Gasteiger partial charge >= 0.3 is 5.97 Å². The predicted molar refractivity (Wildman–Crippen MR) is 39.0 cm³/mol. The lowest BCUT2D eigenvalue weighted by atomic mass is 10.2. The Balaban J connectivity index is 4.37. The molecule has 0 radical (unpaired) electrons. The summed E-state index contributed by atoms with van der Waals surface area (Å²) < 4.78 is 4.20. The van der Waals surface area contributed by atoms with Gasteiger partial charge in [-0.1, -0.05) is 0 Å². The van der Waals surface area contributed by atoms with E-state index in [0.717, 1.165) is 7.11 Å². The lowest BCUT2D eigenvalue weighted by molar-refractivity contribution is -0.149. The Hall–Kier alpha value is -1.03. The zero-order valence-corrected chi connectivity index (χ0v) is 6.79. The molecule has 0 saturated heterocycles. The highest BCUT2D eigenvalue weighted by Gasteiger charge is 2.20. The van der Waals surface area contributed by atoms with Gasteiger partial charge in [-0.3, -0.25) is 0 Å². The van der Waals surface area contributed by atoms with Gasteiger partial charge in [0, 0.05) is 0 Å². The zero-order valence-electron chi connectivity index (χ0n) is 6.79. The van der Waals surface area contributed by atoms with Crippen molar-refractivity contribution < 1.29 is 19.7 Å². The van der Waals surface area contributed by atoms with Crippen LogP contribution in [0.5, 0.6) is 0 Å². The average molecular weight is 160 g/mol. The Morgan fingerprint density at radius 1 is 1.45 bits per heavy atom.